The highest BCUT2D eigenvalue weighted by atomic mass is 15.2. The van der Waals surface area contributed by atoms with Crippen LogP contribution >= 0.6 is 0 Å². The predicted octanol–water partition coefficient (Wildman–Crippen LogP) is 5.62. The minimum atomic E-state index is 0.823. The lowest BCUT2D eigenvalue weighted by Gasteiger charge is -2.25. The van der Waals surface area contributed by atoms with Crippen LogP contribution in [-0.4, -0.2) is 23.1 Å². The number of nitrogens with zero attached hydrogens (tertiary/aromatic N) is 3. The van der Waals surface area contributed by atoms with E-state index in [2.05, 4.69) is 83.6 Å². The molecule has 1 N–H and O–H groups in total. The molecule has 0 amide bonds. The van der Waals surface area contributed by atoms with E-state index in [-0.39, 0.29) is 0 Å². The lowest BCUT2D eigenvalue weighted by molar-refractivity contribution is 0.790. The van der Waals surface area contributed by atoms with Crippen molar-refractivity contribution in [2.24, 2.45) is 0 Å². The van der Waals surface area contributed by atoms with Gasteiger partial charge in [0.05, 0.1) is 5.52 Å². The number of rotatable bonds is 8. The van der Waals surface area contributed by atoms with Gasteiger partial charge in [-0.15, -0.1) is 0 Å². The zero-order valence-electron chi connectivity index (χ0n) is 17.7. The van der Waals surface area contributed by atoms with Crippen LogP contribution in [0.4, 0.5) is 11.5 Å². The van der Waals surface area contributed by atoms with Gasteiger partial charge < -0.3 is 10.2 Å². The van der Waals surface area contributed by atoms with E-state index in [4.69, 9.17) is 4.98 Å². The Bertz CT molecular complexity index is 1090. The van der Waals surface area contributed by atoms with Gasteiger partial charge in [0.1, 0.15) is 5.82 Å². The second kappa shape index (κ2) is 9.40. The third-order valence-electron chi connectivity index (χ3n) is 5.43. The summed E-state index contributed by atoms with van der Waals surface area (Å²) in [4.78, 5) is 11.7. The molecule has 0 aliphatic rings. The standard InChI is InChI=1S/C26H28N4/c1-3-22-20(2)29-24-14-8-7-13-23(24)26(22)28-17-18-30(25-15-9-10-16-27-25)19-21-11-5-4-6-12-21/h4-16H,3,17-19H2,1-2H3,(H,28,29). The zero-order chi connectivity index (χ0) is 20.8. The molecule has 0 aliphatic heterocycles. The molecule has 0 spiro atoms. The first-order valence-electron chi connectivity index (χ1n) is 10.6. The number of aromatic nitrogens is 2. The molecule has 4 heteroatoms. The van der Waals surface area contributed by atoms with Crippen LogP contribution < -0.4 is 10.2 Å². The number of para-hydroxylation sites is 1. The van der Waals surface area contributed by atoms with Crippen LogP contribution in [0.2, 0.25) is 0 Å². The molecule has 4 nitrogen and oxygen atoms in total. The van der Waals surface area contributed by atoms with Crippen LogP contribution in [0.15, 0.2) is 79.0 Å². The number of anilines is 2. The molecule has 2 aromatic heterocycles. The van der Waals surface area contributed by atoms with Crippen molar-refractivity contribution < 1.29 is 0 Å². The fourth-order valence-corrected chi connectivity index (χ4v) is 3.94. The number of benzene rings is 2. The molecule has 0 unspecified atom stereocenters. The average Bonchev–Trinajstić information content (AvgIpc) is 2.79. The minimum absolute atomic E-state index is 0.823. The molecule has 0 saturated heterocycles. The fourth-order valence-electron chi connectivity index (χ4n) is 3.94. The van der Waals surface area contributed by atoms with Crippen LogP contribution in [0.25, 0.3) is 10.9 Å². The van der Waals surface area contributed by atoms with E-state index in [1.807, 2.05) is 24.4 Å². The summed E-state index contributed by atoms with van der Waals surface area (Å²) in [6, 6.07) is 25.0. The first kappa shape index (κ1) is 19.9. The lowest BCUT2D eigenvalue weighted by atomic mass is 10.0. The Balaban J connectivity index is 1.56. The number of hydrogen-bond donors (Lipinski definition) is 1. The molecule has 4 rings (SSSR count). The number of fused-ring (bicyclic) bond motifs is 1. The maximum absolute atomic E-state index is 4.79. The molecule has 0 atom stereocenters. The fraction of sp³-hybridized carbons (Fsp3) is 0.231. The van der Waals surface area contributed by atoms with Crippen LogP contribution in [0.3, 0.4) is 0 Å². The van der Waals surface area contributed by atoms with Crippen molar-refractivity contribution in [2.75, 3.05) is 23.3 Å². The second-order valence-electron chi connectivity index (χ2n) is 7.44. The Morgan fingerprint density at radius 2 is 1.67 bits per heavy atom. The molecular weight excluding hydrogens is 368 g/mol. The van der Waals surface area contributed by atoms with E-state index in [9.17, 15) is 0 Å². The van der Waals surface area contributed by atoms with E-state index in [0.717, 1.165) is 43.1 Å². The maximum Gasteiger partial charge on any atom is 0.128 e. The highest BCUT2D eigenvalue weighted by Crippen LogP contribution is 2.28. The van der Waals surface area contributed by atoms with Crippen molar-refractivity contribution in [3.8, 4) is 0 Å². The molecule has 0 saturated carbocycles. The lowest BCUT2D eigenvalue weighted by Crippen LogP contribution is -2.29. The quantitative estimate of drug-likeness (QED) is 0.420. The number of hydrogen-bond acceptors (Lipinski definition) is 4. The Labute approximate surface area is 178 Å². The summed E-state index contributed by atoms with van der Waals surface area (Å²) >= 11 is 0. The summed E-state index contributed by atoms with van der Waals surface area (Å²) in [6.07, 6.45) is 2.82. The van der Waals surface area contributed by atoms with Gasteiger partial charge in [-0.3, -0.25) is 4.98 Å². The molecule has 0 fully saturated rings. The van der Waals surface area contributed by atoms with Gasteiger partial charge >= 0.3 is 0 Å². The van der Waals surface area contributed by atoms with Gasteiger partial charge in [-0.1, -0.05) is 61.5 Å². The summed E-state index contributed by atoms with van der Waals surface area (Å²) in [6.45, 7) is 6.80. The summed E-state index contributed by atoms with van der Waals surface area (Å²) in [7, 11) is 0. The molecule has 0 aliphatic carbocycles. The minimum Gasteiger partial charge on any atom is -0.382 e. The van der Waals surface area contributed by atoms with E-state index < -0.39 is 0 Å². The van der Waals surface area contributed by atoms with Crippen molar-refractivity contribution in [2.45, 2.75) is 26.8 Å². The van der Waals surface area contributed by atoms with Gasteiger partial charge in [0.15, 0.2) is 0 Å². The van der Waals surface area contributed by atoms with E-state index in [0.29, 0.717) is 0 Å². The van der Waals surface area contributed by atoms with Crippen molar-refractivity contribution in [1.29, 1.82) is 0 Å². The van der Waals surface area contributed by atoms with Gasteiger partial charge in [-0.2, -0.15) is 0 Å². The number of nitrogens with one attached hydrogen (secondary N) is 1. The van der Waals surface area contributed by atoms with Gasteiger partial charge in [-0.25, -0.2) is 4.98 Å². The van der Waals surface area contributed by atoms with Gasteiger partial charge in [0.2, 0.25) is 0 Å². The molecule has 2 aromatic carbocycles. The van der Waals surface area contributed by atoms with Crippen LogP contribution in [-0.2, 0) is 13.0 Å². The van der Waals surface area contributed by atoms with Crippen molar-refractivity contribution in [3.63, 3.8) is 0 Å². The van der Waals surface area contributed by atoms with E-state index >= 15 is 0 Å². The van der Waals surface area contributed by atoms with Crippen LogP contribution in [0, 0.1) is 6.92 Å². The first-order valence-corrected chi connectivity index (χ1v) is 10.6. The molecule has 4 aromatic rings. The van der Waals surface area contributed by atoms with E-state index in [1.165, 1.54) is 22.2 Å². The molecular formula is C26H28N4. The number of aryl methyl sites for hydroxylation is 1. The monoisotopic (exact) mass is 396 g/mol. The average molecular weight is 397 g/mol. The summed E-state index contributed by atoms with van der Waals surface area (Å²) in [5, 5.41) is 4.91. The molecule has 30 heavy (non-hydrogen) atoms. The molecule has 2 heterocycles. The van der Waals surface area contributed by atoms with Crippen LogP contribution in [0.1, 0.15) is 23.7 Å². The first-order chi connectivity index (χ1) is 14.8. The third-order valence-corrected chi connectivity index (χ3v) is 5.43. The summed E-state index contributed by atoms with van der Waals surface area (Å²) < 4.78 is 0. The SMILES string of the molecule is CCc1c(C)nc2ccccc2c1NCCN(Cc1ccccc1)c1ccccn1. The smallest absolute Gasteiger partial charge is 0.128 e. The van der Waals surface area contributed by atoms with Crippen molar-refractivity contribution in [1.82, 2.24) is 9.97 Å². The second-order valence-corrected chi connectivity index (χ2v) is 7.44. The normalized spacial score (nSPS) is 10.9. The number of pyridine rings is 2. The summed E-state index contributed by atoms with van der Waals surface area (Å²) in [5.41, 5.74) is 5.93. The third kappa shape index (κ3) is 4.43. The topological polar surface area (TPSA) is 41.1 Å². The van der Waals surface area contributed by atoms with Gasteiger partial charge in [-0.05, 0) is 42.7 Å². The largest absolute Gasteiger partial charge is 0.382 e. The maximum atomic E-state index is 4.79. The predicted molar refractivity (Wildman–Crippen MR) is 126 cm³/mol. The molecule has 0 bridgehead atoms. The van der Waals surface area contributed by atoms with Crippen molar-refractivity contribution in [3.05, 3.63) is 95.8 Å². The molecule has 152 valence electrons. The van der Waals surface area contributed by atoms with Crippen LogP contribution in [0.5, 0.6) is 0 Å². The highest BCUT2D eigenvalue weighted by molar-refractivity contribution is 5.93. The van der Waals surface area contributed by atoms with E-state index in [1.54, 1.807) is 0 Å². The Hall–Kier alpha value is -3.40. The van der Waals surface area contributed by atoms with Gasteiger partial charge in [0.25, 0.3) is 0 Å². The van der Waals surface area contributed by atoms with Gasteiger partial charge in [0, 0.05) is 42.6 Å². The zero-order valence-corrected chi connectivity index (χ0v) is 17.7. The Kier molecular flexibility index (Phi) is 6.23. The Morgan fingerprint density at radius 1 is 0.900 bits per heavy atom. The van der Waals surface area contributed by atoms with Crippen molar-refractivity contribution >= 4 is 22.4 Å². The highest BCUT2D eigenvalue weighted by Gasteiger charge is 2.13. The summed E-state index contributed by atoms with van der Waals surface area (Å²) in [5.74, 6) is 0.995. The Morgan fingerprint density at radius 3 is 2.43 bits per heavy atom. The molecule has 0 radical (unpaired) electrons.